The van der Waals surface area contributed by atoms with Gasteiger partial charge in [0.1, 0.15) is 4.90 Å². The van der Waals surface area contributed by atoms with Gasteiger partial charge >= 0.3 is 0 Å². The lowest BCUT2D eigenvalue weighted by atomic mass is 10.1. The fraction of sp³-hybridized carbons (Fsp3) is 0.583. The Balaban J connectivity index is 2.32. The zero-order valence-electron chi connectivity index (χ0n) is 10.1. The fourth-order valence-corrected chi connectivity index (χ4v) is 4.32. The lowest BCUT2D eigenvalue weighted by Gasteiger charge is -2.27. The van der Waals surface area contributed by atoms with Crippen LogP contribution in [-0.2, 0) is 10.0 Å². The van der Waals surface area contributed by atoms with Crippen LogP contribution in [0.1, 0.15) is 25.7 Å². The summed E-state index contributed by atoms with van der Waals surface area (Å²) >= 11 is 5.92. The van der Waals surface area contributed by atoms with Crippen LogP contribution in [0.25, 0.3) is 0 Å². The number of hydrogen-bond donors (Lipinski definition) is 0. The van der Waals surface area contributed by atoms with Gasteiger partial charge in [-0.1, -0.05) is 12.8 Å². The maximum atomic E-state index is 12.5. The van der Waals surface area contributed by atoms with Crippen molar-refractivity contribution < 1.29 is 8.42 Å². The van der Waals surface area contributed by atoms with Crippen LogP contribution in [0.4, 0.5) is 0 Å². The monoisotopic (exact) mass is 288 g/mol. The molecule has 0 aromatic carbocycles. The van der Waals surface area contributed by atoms with E-state index in [1.807, 2.05) is 0 Å². The quantitative estimate of drug-likeness (QED) is 0.802. The maximum absolute atomic E-state index is 12.5. The number of pyridine rings is 1. The van der Waals surface area contributed by atoms with Crippen molar-refractivity contribution in [2.45, 2.75) is 36.6 Å². The van der Waals surface area contributed by atoms with E-state index in [1.54, 1.807) is 22.6 Å². The summed E-state index contributed by atoms with van der Waals surface area (Å²) in [7, 11) is -3.46. The molecule has 1 aliphatic rings. The maximum Gasteiger partial charge on any atom is 0.244 e. The molecule has 0 bridgehead atoms. The lowest BCUT2D eigenvalue weighted by Crippen LogP contribution is -2.41. The second-order valence-corrected chi connectivity index (χ2v) is 6.66. The molecule has 0 spiro atoms. The summed E-state index contributed by atoms with van der Waals surface area (Å²) in [5, 5.41) is 0. The predicted molar refractivity (Wildman–Crippen MR) is 71.1 cm³/mol. The number of alkyl halides is 1. The third-order valence-electron chi connectivity index (χ3n) is 3.24. The molecule has 1 aromatic heterocycles. The van der Waals surface area contributed by atoms with Crippen LogP contribution < -0.4 is 0 Å². The van der Waals surface area contributed by atoms with Gasteiger partial charge in [-0.3, -0.25) is 4.98 Å². The molecule has 0 N–H and O–H groups in total. The van der Waals surface area contributed by atoms with Gasteiger partial charge in [-0.05, 0) is 25.0 Å². The normalized spacial score (nSPS) is 22.6. The first-order valence-electron chi connectivity index (χ1n) is 6.14. The van der Waals surface area contributed by atoms with Crippen LogP contribution >= 0.6 is 11.6 Å². The molecule has 1 unspecified atom stereocenters. The van der Waals surface area contributed by atoms with E-state index in [0.29, 0.717) is 12.4 Å². The molecule has 1 fully saturated rings. The number of aromatic nitrogens is 1. The van der Waals surface area contributed by atoms with Gasteiger partial charge in [0.05, 0.1) is 0 Å². The van der Waals surface area contributed by atoms with E-state index in [9.17, 15) is 8.42 Å². The molecular weight excluding hydrogens is 272 g/mol. The van der Waals surface area contributed by atoms with Crippen molar-refractivity contribution in [3.8, 4) is 0 Å². The number of nitrogens with zero attached hydrogens (tertiary/aromatic N) is 2. The molecule has 4 nitrogen and oxygen atoms in total. The summed E-state index contributed by atoms with van der Waals surface area (Å²) in [6.45, 7) is 0.550. The van der Waals surface area contributed by atoms with E-state index in [2.05, 4.69) is 4.98 Å². The average molecular weight is 289 g/mol. The van der Waals surface area contributed by atoms with Crippen LogP contribution in [-0.4, -0.2) is 36.2 Å². The summed E-state index contributed by atoms with van der Waals surface area (Å²) in [5.41, 5.74) is 0. The molecular formula is C12H17ClN2O2S. The highest BCUT2D eigenvalue weighted by atomic mass is 35.5. The molecule has 1 aromatic rings. The molecule has 0 radical (unpaired) electrons. The van der Waals surface area contributed by atoms with Crippen molar-refractivity contribution in [2.24, 2.45) is 0 Å². The topological polar surface area (TPSA) is 50.3 Å². The lowest BCUT2D eigenvalue weighted by molar-refractivity contribution is 0.345. The Labute approximate surface area is 113 Å². The Morgan fingerprint density at radius 3 is 2.89 bits per heavy atom. The highest BCUT2D eigenvalue weighted by molar-refractivity contribution is 7.89. The molecule has 18 heavy (non-hydrogen) atoms. The number of halogens is 1. The molecule has 1 aliphatic heterocycles. The highest BCUT2D eigenvalue weighted by Gasteiger charge is 2.31. The van der Waals surface area contributed by atoms with Crippen molar-refractivity contribution in [3.05, 3.63) is 24.5 Å². The zero-order valence-corrected chi connectivity index (χ0v) is 11.7. The first-order valence-corrected chi connectivity index (χ1v) is 8.11. The first kappa shape index (κ1) is 13.8. The molecule has 0 amide bonds. The molecule has 2 rings (SSSR count). The standard InChI is InChI=1S/C12H17ClN2O2S/c13-9-11-5-2-1-3-8-15(11)18(16,17)12-6-4-7-14-10-12/h4,6-7,10-11H,1-3,5,8-9H2. The van der Waals surface area contributed by atoms with Gasteiger partial charge in [0.25, 0.3) is 0 Å². The van der Waals surface area contributed by atoms with Gasteiger partial charge in [-0.25, -0.2) is 8.42 Å². The fourth-order valence-electron chi connectivity index (χ4n) is 2.26. The zero-order chi connectivity index (χ0) is 13.0. The van der Waals surface area contributed by atoms with Gasteiger partial charge in [0, 0.05) is 30.9 Å². The van der Waals surface area contributed by atoms with E-state index >= 15 is 0 Å². The third kappa shape index (κ3) is 2.84. The molecule has 0 saturated carbocycles. The van der Waals surface area contributed by atoms with E-state index in [4.69, 9.17) is 11.6 Å². The molecule has 0 aliphatic carbocycles. The van der Waals surface area contributed by atoms with Crippen LogP contribution in [0.15, 0.2) is 29.4 Å². The second-order valence-electron chi connectivity index (χ2n) is 4.46. The van der Waals surface area contributed by atoms with Crippen molar-refractivity contribution in [1.29, 1.82) is 0 Å². The predicted octanol–water partition coefficient (Wildman–Crippen LogP) is 2.25. The Morgan fingerprint density at radius 2 is 2.22 bits per heavy atom. The summed E-state index contributed by atoms with van der Waals surface area (Å²) in [5.74, 6) is 0.347. The Hall–Kier alpha value is -0.650. The third-order valence-corrected chi connectivity index (χ3v) is 5.53. The molecule has 100 valence electrons. The Morgan fingerprint density at radius 1 is 1.39 bits per heavy atom. The van der Waals surface area contributed by atoms with Crippen LogP contribution in [0.5, 0.6) is 0 Å². The summed E-state index contributed by atoms with van der Waals surface area (Å²) < 4.78 is 26.6. The molecule has 2 heterocycles. The van der Waals surface area contributed by atoms with Gasteiger partial charge in [-0.2, -0.15) is 4.31 Å². The molecule has 1 atom stereocenters. The number of rotatable bonds is 3. The molecule has 6 heteroatoms. The summed E-state index contributed by atoms with van der Waals surface area (Å²) in [4.78, 5) is 4.13. The van der Waals surface area contributed by atoms with Gasteiger partial charge in [0.15, 0.2) is 0 Å². The van der Waals surface area contributed by atoms with Crippen molar-refractivity contribution in [2.75, 3.05) is 12.4 Å². The average Bonchev–Trinajstić information content (AvgIpc) is 2.65. The van der Waals surface area contributed by atoms with E-state index < -0.39 is 10.0 Å². The minimum atomic E-state index is -3.46. The highest BCUT2D eigenvalue weighted by Crippen LogP contribution is 2.24. The number of hydrogen-bond acceptors (Lipinski definition) is 3. The van der Waals surface area contributed by atoms with Crippen LogP contribution in [0.2, 0.25) is 0 Å². The Bertz CT molecular complexity index is 478. The first-order chi connectivity index (χ1) is 8.66. The number of sulfonamides is 1. The van der Waals surface area contributed by atoms with Gasteiger partial charge in [-0.15, -0.1) is 11.6 Å². The summed E-state index contributed by atoms with van der Waals surface area (Å²) in [6.07, 6.45) is 6.80. The second kappa shape index (κ2) is 5.99. The van der Waals surface area contributed by atoms with Crippen molar-refractivity contribution in [3.63, 3.8) is 0 Å². The smallest absolute Gasteiger partial charge is 0.244 e. The van der Waals surface area contributed by atoms with Gasteiger partial charge in [0.2, 0.25) is 10.0 Å². The Kier molecular flexibility index (Phi) is 4.59. The molecule has 1 saturated heterocycles. The van der Waals surface area contributed by atoms with Gasteiger partial charge < -0.3 is 0 Å². The van der Waals surface area contributed by atoms with Crippen LogP contribution in [0.3, 0.4) is 0 Å². The van der Waals surface area contributed by atoms with Crippen LogP contribution in [0, 0.1) is 0 Å². The van der Waals surface area contributed by atoms with E-state index in [-0.39, 0.29) is 10.9 Å². The minimum absolute atomic E-state index is 0.0978. The van der Waals surface area contributed by atoms with E-state index in [0.717, 1.165) is 25.7 Å². The van der Waals surface area contributed by atoms with Crippen molar-refractivity contribution >= 4 is 21.6 Å². The van der Waals surface area contributed by atoms with E-state index in [1.165, 1.54) is 6.20 Å². The summed E-state index contributed by atoms with van der Waals surface area (Å²) in [6, 6.07) is 3.12. The minimum Gasteiger partial charge on any atom is -0.263 e. The SMILES string of the molecule is O=S(=O)(c1cccnc1)N1CCCCCC1CCl. The largest absolute Gasteiger partial charge is 0.263 e. The van der Waals surface area contributed by atoms with Crippen molar-refractivity contribution in [1.82, 2.24) is 9.29 Å².